The molecule has 1 saturated heterocycles. The van der Waals surface area contributed by atoms with E-state index in [9.17, 15) is 4.79 Å². The van der Waals surface area contributed by atoms with Gasteiger partial charge in [-0.15, -0.1) is 24.0 Å². The van der Waals surface area contributed by atoms with Gasteiger partial charge >= 0.3 is 0 Å². The van der Waals surface area contributed by atoms with Crippen LogP contribution in [0.3, 0.4) is 0 Å². The van der Waals surface area contributed by atoms with Gasteiger partial charge in [-0.3, -0.25) is 4.79 Å². The summed E-state index contributed by atoms with van der Waals surface area (Å²) < 4.78 is 5.73. The number of hydrogen-bond acceptors (Lipinski definition) is 4. The molecule has 0 saturated carbocycles. The molecule has 142 valence electrons. The topological polar surface area (TPSA) is 66.0 Å². The highest BCUT2D eigenvalue weighted by Gasteiger charge is 2.14. The van der Waals surface area contributed by atoms with Crippen molar-refractivity contribution in [3.05, 3.63) is 0 Å². The van der Waals surface area contributed by atoms with E-state index < -0.39 is 0 Å². The Hall–Kier alpha value is -0.220. The maximum atomic E-state index is 11.7. The van der Waals surface area contributed by atoms with E-state index in [0.717, 1.165) is 39.0 Å². The van der Waals surface area contributed by atoms with Gasteiger partial charge in [-0.05, 0) is 44.1 Å². The molecule has 1 fully saturated rings. The number of carbonyl (C=O) groups is 1. The Labute approximate surface area is 168 Å². The van der Waals surface area contributed by atoms with Crippen molar-refractivity contribution in [2.45, 2.75) is 38.2 Å². The quantitative estimate of drug-likeness (QED) is 0.233. The number of nitrogens with one attached hydrogen (secondary N) is 2. The van der Waals surface area contributed by atoms with Crippen molar-refractivity contribution in [3.8, 4) is 0 Å². The van der Waals surface area contributed by atoms with Crippen LogP contribution in [0.2, 0.25) is 0 Å². The summed E-state index contributed by atoms with van der Waals surface area (Å²) in [4.78, 5) is 17.7. The van der Waals surface area contributed by atoms with E-state index in [1.165, 1.54) is 18.6 Å². The Morgan fingerprint density at radius 2 is 2.08 bits per heavy atom. The van der Waals surface area contributed by atoms with Crippen LogP contribution in [0.25, 0.3) is 0 Å². The molecule has 6 nitrogen and oxygen atoms in total. The van der Waals surface area contributed by atoms with E-state index in [0.29, 0.717) is 5.96 Å². The molecule has 1 atom stereocenters. The average Bonchev–Trinajstić information content (AvgIpc) is 2.56. The lowest BCUT2D eigenvalue weighted by Gasteiger charge is -2.24. The van der Waals surface area contributed by atoms with Gasteiger partial charge in [-0.2, -0.15) is 11.8 Å². The van der Waals surface area contributed by atoms with E-state index in [2.05, 4.69) is 21.9 Å². The van der Waals surface area contributed by atoms with E-state index >= 15 is 0 Å². The SMILES string of the molecule is CSCCCCNC(=NCC(=O)N(C)C)NCC1CCCCO1.I. The molecular weight excluding hydrogens is 439 g/mol. The zero-order valence-corrected chi connectivity index (χ0v) is 18.3. The summed E-state index contributed by atoms with van der Waals surface area (Å²) in [5.74, 6) is 1.89. The molecule has 0 aliphatic carbocycles. The fourth-order valence-electron chi connectivity index (χ4n) is 2.22. The number of likely N-dealkylation sites (N-methyl/N-ethyl adjacent to an activating group) is 1. The second-order valence-corrected chi connectivity index (χ2v) is 6.93. The highest BCUT2D eigenvalue weighted by atomic mass is 127. The van der Waals surface area contributed by atoms with Crippen molar-refractivity contribution >= 4 is 47.6 Å². The summed E-state index contributed by atoms with van der Waals surface area (Å²) in [6.45, 7) is 2.62. The summed E-state index contributed by atoms with van der Waals surface area (Å²) >= 11 is 1.87. The van der Waals surface area contributed by atoms with Crippen molar-refractivity contribution in [1.29, 1.82) is 0 Å². The van der Waals surface area contributed by atoms with Gasteiger partial charge in [-0.25, -0.2) is 4.99 Å². The normalized spacial score (nSPS) is 17.8. The van der Waals surface area contributed by atoms with Gasteiger partial charge in [0.05, 0.1) is 6.10 Å². The van der Waals surface area contributed by atoms with Gasteiger partial charge in [-0.1, -0.05) is 0 Å². The third-order valence-electron chi connectivity index (χ3n) is 3.71. The zero-order chi connectivity index (χ0) is 16.9. The van der Waals surface area contributed by atoms with E-state index in [4.69, 9.17) is 4.74 Å². The summed E-state index contributed by atoms with van der Waals surface area (Å²) in [7, 11) is 3.49. The molecule has 0 bridgehead atoms. The zero-order valence-electron chi connectivity index (χ0n) is 15.2. The Balaban J connectivity index is 0.00000529. The number of aliphatic imine (C=N–C) groups is 1. The number of rotatable bonds is 9. The Bertz CT molecular complexity index is 364. The van der Waals surface area contributed by atoms with Crippen LogP contribution >= 0.6 is 35.7 Å². The molecule has 24 heavy (non-hydrogen) atoms. The number of ether oxygens (including phenoxy) is 1. The van der Waals surface area contributed by atoms with Gasteiger partial charge < -0.3 is 20.3 Å². The van der Waals surface area contributed by atoms with Crippen molar-refractivity contribution in [2.75, 3.05) is 52.3 Å². The largest absolute Gasteiger partial charge is 0.376 e. The summed E-state index contributed by atoms with van der Waals surface area (Å²) in [5, 5.41) is 6.63. The Kier molecular flexibility index (Phi) is 14.9. The van der Waals surface area contributed by atoms with Crippen LogP contribution in [0.15, 0.2) is 4.99 Å². The molecule has 1 amide bonds. The molecule has 1 heterocycles. The van der Waals surface area contributed by atoms with Crippen LogP contribution < -0.4 is 10.6 Å². The number of hydrogen-bond donors (Lipinski definition) is 2. The summed E-state index contributed by atoms with van der Waals surface area (Å²) in [5.41, 5.74) is 0. The highest BCUT2D eigenvalue weighted by Crippen LogP contribution is 2.11. The minimum atomic E-state index is 0. The molecule has 0 aromatic carbocycles. The molecule has 8 heteroatoms. The first-order chi connectivity index (χ1) is 11.1. The molecule has 1 unspecified atom stereocenters. The summed E-state index contributed by atoms with van der Waals surface area (Å²) in [6.07, 6.45) is 8.12. The van der Waals surface area contributed by atoms with E-state index in [1.807, 2.05) is 11.8 Å². The van der Waals surface area contributed by atoms with Gasteiger partial charge in [0.15, 0.2) is 5.96 Å². The smallest absolute Gasteiger partial charge is 0.243 e. The lowest BCUT2D eigenvalue weighted by atomic mass is 10.1. The fraction of sp³-hybridized carbons (Fsp3) is 0.875. The third kappa shape index (κ3) is 11.4. The Morgan fingerprint density at radius 1 is 1.29 bits per heavy atom. The second-order valence-electron chi connectivity index (χ2n) is 5.95. The van der Waals surface area contributed by atoms with E-state index in [1.54, 1.807) is 19.0 Å². The monoisotopic (exact) mass is 472 g/mol. The second kappa shape index (κ2) is 15.1. The minimum Gasteiger partial charge on any atom is -0.376 e. The molecule has 0 radical (unpaired) electrons. The lowest BCUT2D eigenvalue weighted by Crippen LogP contribution is -2.43. The van der Waals surface area contributed by atoms with Crippen LogP contribution in [-0.4, -0.2) is 75.2 Å². The number of thioether (sulfide) groups is 1. The van der Waals surface area contributed by atoms with Crippen LogP contribution in [0.1, 0.15) is 32.1 Å². The molecule has 1 aliphatic heterocycles. The highest BCUT2D eigenvalue weighted by molar-refractivity contribution is 14.0. The Morgan fingerprint density at radius 3 is 2.71 bits per heavy atom. The first-order valence-electron chi connectivity index (χ1n) is 8.46. The van der Waals surface area contributed by atoms with E-state index in [-0.39, 0.29) is 42.5 Å². The molecule has 2 N–H and O–H groups in total. The van der Waals surface area contributed by atoms with Crippen molar-refractivity contribution in [3.63, 3.8) is 0 Å². The van der Waals surface area contributed by atoms with Crippen molar-refractivity contribution in [1.82, 2.24) is 15.5 Å². The first kappa shape index (κ1) is 23.8. The number of amides is 1. The molecule has 0 aromatic heterocycles. The molecule has 0 spiro atoms. The number of nitrogens with zero attached hydrogens (tertiary/aromatic N) is 2. The number of guanidine groups is 1. The predicted molar refractivity (Wildman–Crippen MR) is 114 cm³/mol. The van der Waals surface area contributed by atoms with Gasteiger partial charge in [0, 0.05) is 33.8 Å². The van der Waals surface area contributed by atoms with Crippen LogP contribution in [0, 0.1) is 0 Å². The van der Waals surface area contributed by atoms with Gasteiger partial charge in [0.2, 0.25) is 5.91 Å². The first-order valence-corrected chi connectivity index (χ1v) is 9.85. The molecule has 1 rings (SSSR count). The number of carbonyl (C=O) groups excluding carboxylic acids is 1. The van der Waals surface area contributed by atoms with Gasteiger partial charge in [0.1, 0.15) is 6.54 Å². The van der Waals surface area contributed by atoms with Crippen molar-refractivity contribution in [2.24, 2.45) is 4.99 Å². The standard InChI is InChI=1S/C16H32N4O2S.HI/c1-20(2)15(21)13-19-16(17-9-5-7-11-23-3)18-12-14-8-4-6-10-22-14;/h14H,4-13H2,1-3H3,(H2,17,18,19);1H. The minimum absolute atomic E-state index is 0. The maximum Gasteiger partial charge on any atom is 0.243 e. The molecule has 1 aliphatic rings. The molecular formula is C16H33IN4O2S. The summed E-state index contributed by atoms with van der Waals surface area (Å²) in [6, 6.07) is 0. The van der Waals surface area contributed by atoms with Crippen molar-refractivity contribution < 1.29 is 9.53 Å². The lowest BCUT2D eigenvalue weighted by molar-refractivity contribution is -0.127. The predicted octanol–water partition coefficient (Wildman–Crippen LogP) is 1.94. The fourth-order valence-corrected chi connectivity index (χ4v) is 2.71. The number of unbranched alkanes of at least 4 members (excludes halogenated alkanes) is 1. The van der Waals surface area contributed by atoms with Gasteiger partial charge in [0.25, 0.3) is 0 Å². The van der Waals surface area contributed by atoms with Crippen LogP contribution in [0.4, 0.5) is 0 Å². The average molecular weight is 472 g/mol. The molecule has 0 aromatic rings. The number of halogens is 1. The van der Waals surface area contributed by atoms with Crippen LogP contribution in [-0.2, 0) is 9.53 Å². The maximum absolute atomic E-state index is 11.7. The van der Waals surface area contributed by atoms with Crippen LogP contribution in [0.5, 0.6) is 0 Å². The third-order valence-corrected chi connectivity index (χ3v) is 4.41.